The number of anilines is 2. The first-order valence-electron chi connectivity index (χ1n) is 8.25. The van der Waals surface area contributed by atoms with Crippen molar-refractivity contribution in [2.45, 2.75) is 19.3 Å². The van der Waals surface area contributed by atoms with E-state index in [9.17, 15) is 0 Å². The molecule has 0 fully saturated rings. The average Bonchev–Trinajstić information content (AvgIpc) is 3.17. The van der Waals surface area contributed by atoms with Gasteiger partial charge in [-0.3, -0.25) is 5.10 Å². The highest BCUT2D eigenvalue weighted by Crippen LogP contribution is 2.27. The van der Waals surface area contributed by atoms with Gasteiger partial charge in [-0.25, -0.2) is 4.98 Å². The van der Waals surface area contributed by atoms with E-state index in [1.54, 1.807) is 0 Å². The number of nitrogen functional groups attached to an aromatic ring is 1. The van der Waals surface area contributed by atoms with Crippen LogP contribution < -0.4 is 10.6 Å². The Morgan fingerprint density at radius 2 is 1.88 bits per heavy atom. The first kappa shape index (κ1) is 14.8. The Hall–Kier alpha value is -2.82. The van der Waals surface area contributed by atoms with Gasteiger partial charge in [-0.05, 0) is 41.3 Å². The highest BCUT2D eigenvalue weighted by atomic mass is 15.2. The van der Waals surface area contributed by atoms with Gasteiger partial charge in [0.05, 0.1) is 0 Å². The molecule has 3 aromatic rings. The molecule has 2 aromatic carbocycles. The van der Waals surface area contributed by atoms with E-state index < -0.39 is 0 Å². The van der Waals surface area contributed by atoms with Gasteiger partial charge in [0, 0.05) is 37.8 Å². The summed E-state index contributed by atoms with van der Waals surface area (Å²) in [5.74, 6) is 1.72. The van der Waals surface area contributed by atoms with E-state index in [0.29, 0.717) is 6.42 Å². The van der Waals surface area contributed by atoms with Crippen LogP contribution in [0, 0.1) is 0 Å². The Morgan fingerprint density at radius 1 is 1.08 bits per heavy atom. The normalized spacial score (nSPS) is 13.3. The second-order valence-electron chi connectivity index (χ2n) is 6.43. The van der Waals surface area contributed by atoms with Gasteiger partial charge >= 0.3 is 0 Å². The topological polar surface area (TPSA) is 70.8 Å². The third kappa shape index (κ3) is 2.97. The van der Waals surface area contributed by atoms with Gasteiger partial charge in [-0.15, -0.1) is 0 Å². The molecule has 0 saturated heterocycles. The molecular weight excluding hydrogens is 298 g/mol. The van der Waals surface area contributed by atoms with Crippen molar-refractivity contribution in [3.63, 3.8) is 0 Å². The largest absolute Gasteiger partial charge is 0.399 e. The van der Waals surface area contributed by atoms with E-state index >= 15 is 0 Å². The first-order valence-corrected chi connectivity index (χ1v) is 8.25. The third-order valence-electron chi connectivity index (χ3n) is 4.56. The first-order chi connectivity index (χ1) is 11.7. The lowest BCUT2D eigenvalue weighted by atomic mass is 10.1. The number of aromatic nitrogens is 3. The Kier molecular flexibility index (Phi) is 3.69. The van der Waals surface area contributed by atoms with Crippen LogP contribution in [0.3, 0.4) is 0 Å². The van der Waals surface area contributed by atoms with Gasteiger partial charge in [0.1, 0.15) is 5.82 Å². The van der Waals surface area contributed by atoms with Gasteiger partial charge in [0.25, 0.3) is 0 Å². The monoisotopic (exact) mass is 319 g/mol. The van der Waals surface area contributed by atoms with Crippen LogP contribution >= 0.6 is 0 Å². The number of nitrogens with two attached hydrogens (primary N) is 1. The van der Waals surface area contributed by atoms with E-state index in [0.717, 1.165) is 42.3 Å². The zero-order valence-corrected chi connectivity index (χ0v) is 13.8. The van der Waals surface area contributed by atoms with Crippen molar-refractivity contribution < 1.29 is 0 Å². The van der Waals surface area contributed by atoms with Crippen molar-refractivity contribution in [1.82, 2.24) is 15.2 Å². The fraction of sp³-hybridized carbons (Fsp3) is 0.263. The minimum absolute atomic E-state index is 0.714. The van der Waals surface area contributed by atoms with Gasteiger partial charge < -0.3 is 10.6 Å². The summed E-state index contributed by atoms with van der Waals surface area (Å²) in [6.45, 7) is 1.10. The SMILES string of the molecule is CN1CCc2cc(Cc3nc(Cc4ccc(N)cc4)n[nH]3)ccc21. The van der Waals surface area contributed by atoms with E-state index in [1.807, 2.05) is 24.3 Å². The molecule has 0 saturated carbocycles. The molecule has 0 atom stereocenters. The van der Waals surface area contributed by atoms with Crippen molar-refractivity contribution >= 4 is 11.4 Å². The van der Waals surface area contributed by atoms with Crippen LogP contribution in [0.4, 0.5) is 11.4 Å². The molecule has 2 heterocycles. The molecule has 0 spiro atoms. The Labute approximate surface area is 141 Å². The van der Waals surface area contributed by atoms with Crippen LogP contribution in [0.2, 0.25) is 0 Å². The number of aromatic amines is 1. The molecule has 0 unspecified atom stereocenters. The number of fused-ring (bicyclic) bond motifs is 1. The average molecular weight is 319 g/mol. The summed E-state index contributed by atoms with van der Waals surface area (Å²) < 4.78 is 0. The number of hydrogen-bond donors (Lipinski definition) is 2. The fourth-order valence-electron chi connectivity index (χ4n) is 3.23. The van der Waals surface area contributed by atoms with E-state index in [4.69, 9.17) is 5.73 Å². The molecule has 0 aliphatic carbocycles. The van der Waals surface area contributed by atoms with Gasteiger partial charge in [0.2, 0.25) is 0 Å². The van der Waals surface area contributed by atoms with Crippen molar-refractivity contribution in [3.05, 3.63) is 70.8 Å². The number of likely N-dealkylation sites (N-methyl/N-ethyl adjacent to an activating group) is 1. The maximum Gasteiger partial charge on any atom is 0.155 e. The molecule has 122 valence electrons. The Balaban J connectivity index is 1.46. The van der Waals surface area contributed by atoms with Crippen molar-refractivity contribution in [1.29, 1.82) is 0 Å². The third-order valence-corrected chi connectivity index (χ3v) is 4.56. The van der Waals surface area contributed by atoms with Gasteiger partial charge in [-0.1, -0.05) is 24.3 Å². The zero-order valence-electron chi connectivity index (χ0n) is 13.8. The predicted molar refractivity (Wildman–Crippen MR) is 96.3 cm³/mol. The van der Waals surface area contributed by atoms with Crippen LogP contribution in [-0.4, -0.2) is 28.8 Å². The second kappa shape index (κ2) is 6.00. The lowest BCUT2D eigenvalue weighted by Crippen LogP contribution is -2.12. The van der Waals surface area contributed by atoms with Crippen LogP contribution in [-0.2, 0) is 19.3 Å². The molecular formula is C19H21N5. The fourth-order valence-corrected chi connectivity index (χ4v) is 3.23. The molecule has 4 rings (SSSR count). The molecule has 0 bridgehead atoms. The quantitative estimate of drug-likeness (QED) is 0.725. The van der Waals surface area contributed by atoms with E-state index in [2.05, 4.69) is 45.3 Å². The van der Waals surface area contributed by atoms with Crippen LogP contribution in [0.25, 0.3) is 0 Å². The number of hydrogen-bond acceptors (Lipinski definition) is 4. The van der Waals surface area contributed by atoms with Crippen molar-refractivity contribution in [3.8, 4) is 0 Å². The summed E-state index contributed by atoms with van der Waals surface area (Å²) in [4.78, 5) is 6.93. The maximum atomic E-state index is 5.72. The van der Waals surface area contributed by atoms with Crippen LogP contribution in [0.1, 0.15) is 28.3 Å². The van der Waals surface area contributed by atoms with Crippen molar-refractivity contribution in [2.75, 3.05) is 24.2 Å². The number of H-pyrrole nitrogens is 1. The van der Waals surface area contributed by atoms with E-state index in [1.165, 1.54) is 16.8 Å². The number of nitrogens with one attached hydrogen (secondary N) is 1. The van der Waals surface area contributed by atoms with Gasteiger partial charge in [0.15, 0.2) is 5.82 Å². The Bertz CT molecular complexity index is 850. The minimum Gasteiger partial charge on any atom is -0.399 e. The maximum absolute atomic E-state index is 5.72. The minimum atomic E-state index is 0.714. The van der Waals surface area contributed by atoms with Gasteiger partial charge in [-0.2, -0.15) is 5.10 Å². The summed E-state index contributed by atoms with van der Waals surface area (Å²) >= 11 is 0. The Morgan fingerprint density at radius 3 is 2.71 bits per heavy atom. The van der Waals surface area contributed by atoms with E-state index in [-0.39, 0.29) is 0 Å². The lowest BCUT2D eigenvalue weighted by molar-refractivity contribution is 0.952. The summed E-state index contributed by atoms with van der Waals surface area (Å²) in [7, 11) is 2.14. The highest BCUT2D eigenvalue weighted by Gasteiger charge is 2.16. The summed E-state index contributed by atoms with van der Waals surface area (Å²) in [6.07, 6.45) is 2.62. The standard InChI is InChI=1S/C19H21N5/c1-24-9-8-15-10-14(4-7-17(15)24)12-19-21-18(22-23-19)11-13-2-5-16(20)6-3-13/h2-7,10H,8-9,11-12,20H2,1H3,(H,21,22,23). The molecule has 3 N–H and O–H groups in total. The summed E-state index contributed by atoms with van der Waals surface area (Å²) in [5, 5.41) is 7.41. The number of nitrogens with zero attached hydrogens (tertiary/aromatic N) is 3. The lowest BCUT2D eigenvalue weighted by Gasteiger charge is -2.11. The van der Waals surface area contributed by atoms with Crippen LogP contribution in [0.15, 0.2) is 42.5 Å². The van der Waals surface area contributed by atoms with Crippen molar-refractivity contribution in [2.24, 2.45) is 0 Å². The highest BCUT2D eigenvalue weighted by molar-refractivity contribution is 5.58. The molecule has 5 nitrogen and oxygen atoms in total. The molecule has 24 heavy (non-hydrogen) atoms. The molecule has 1 aromatic heterocycles. The molecule has 0 amide bonds. The zero-order chi connectivity index (χ0) is 16.5. The number of benzene rings is 2. The molecule has 1 aliphatic rings. The molecule has 1 aliphatic heterocycles. The number of rotatable bonds is 4. The summed E-state index contributed by atoms with van der Waals surface area (Å²) in [6, 6.07) is 14.5. The smallest absolute Gasteiger partial charge is 0.155 e. The second-order valence-corrected chi connectivity index (χ2v) is 6.43. The molecule has 5 heteroatoms. The predicted octanol–water partition coefficient (Wildman–Crippen LogP) is 2.56. The van der Waals surface area contributed by atoms with Crippen LogP contribution in [0.5, 0.6) is 0 Å². The summed E-state index contributed by atoms with van der Waals surface area (Å²) in [5.41, 5.74) is 11.7. The molecule has 0 radical (unpaired) electrons.